The van der Waals surface area contributed by atoms with Gasteiger partial charge in [-0.1, -0.05) is 13.0 Å². The highest BCUT2D eigenvalue weighted by Crippen LogP contribution is 2.33. The largest absolute Gasteiger partial charge is 0.495 e. The van der Waals surface area contributed by atoms with Gasteiger partial charge in [0.1, 0.15) is 5.75 Å². The van der Waals surface area contributed by atoms with E-state index in [1.54, 1.807) is 19.2 Å². The van der Waals surface area contributed by atoms with Crippen molar-refractivity contribution >= 4 is 21.7 Å². The molecule has 1 aromatic carbocycles. The summed E-state index contributed by atoms with van der Waals surface area (Å²) in [6, 6.07) is 4.08. The maximum Gasteiger partial charge on any atom is 0.167 e. The number of benzene rings is 1. The fraction of sp³-hybridized carbons (Fsp3) is 0.588. The lowest BCUT2D eigenvalue weighted by molar-refractivity contribution is 0.0961. The SMILES string of the molecule is CCN1CCC[C@@H]1CCC(=O)c1c(CO)ccc(Br)c1OC. The van der Waals surface area contributed by atoms with Gasteiger partial charge in [-0.25, -0.2) is 0 Å². The van der Waals surface area contributed by atoms with Crippen LogP contribution in [-0.2, 0) is 6.61 Å². The van der Waals surface area contributed by atoms with Gasteiger partial charge in [-0.3, -0.25) is 4.79 Å². The molecule has 1 aromatic rings. The van der Waals surface area contributed by atoms with E-state index >= 15 is 0 Å². The molecule has 0 aliphatic carbocycles. The van der Waals surface area contributed by atoms with E-state index in [0.29, 0.717) is 29.3 Å². The van der Waals surface area contributed by atoms with Crippen molar-refractivity contribution < 1.29 is 14.6 Å². The first kappa shape index (κ1) is 17.4. The highest BCUT2D eigenvalue weighted by Gasteiger charge is 2.25. The molecule has 1 aliphatic heterocycles. The number of aliphatic hydroxyl groups excluding tert-OH is 1. The molecular formula is C17H24BrNO3. The Morgan fingerprint density at radius 3 is 2.91 bits per heavy atom. The van der Waals surface area contributed by atoms with E-state index in [4.69, 9.17) is 4.74 Å². The van der Waals surface area contributed by atoms with Gasteiger partial charge in [-0.15, -0.1) is 0 Å². The Labute approximate surface area is 140 Å². The number of hydrogen-bond donors (Lipinski definition) is 1. The van der Waals surface area contributed by atoms with Gasteiger partial charge in [0.15, 0.2) is 5.78 Å². The van der Waals surface area contributed by atoms with Crippen LogP contribution in [0.1, 0.15) is 48.5 Å². The number of methoxy groups -OCH3 is 1. The highest BCUT2D eigenvalue weighted by atomic mass is 79.9. The van der Waals surface area contributed by atoms with E-state index in [-0.39, 0.29) is 12.4 Å². The van der Waals surface area contributed by atoms with E-state index in [0.717, 1.165) is 24.0 Å². The van der Waals surface area contributed by atoms with E-state index in [1.807, 2.05) is 0 Å². The first-order valence-corrected chi connectivity index (χ1v) is 8.65. The van der Waals surface area contributed by atoms with Crippen LogP contribution < -0.4 is 4.74 Å². The van der Waals surface area contributed by atoms with Crippen molar-refractivity contribution in [3.05, 3.63) is 27.7 Å². The molecular weight excluding hydrogens is 346 g/mol. The van der Waals surface area contributed by atoms with Crippen molar-refractivity contribution in [1.82, 2.24) is 4.90 Å². The molecule has 0 aromatic heterocycles. The Kier molecular flexibility index (Phi) is 6.41. The van der Waals surface area contributed by atoms with Crippen molar-refractivity contribution in [1.29, 1.82) is 0 Å². The summed E-state index contributed by atoms with van der Waals surface area (Å²) in [6.07, 6.45) is 3.74. The number of ketones is 1. The maximum atomic E-state index is 12.7. The van der Waals surface area contributed by atoms with E-state index in [2.05, 4.69) is 27.8 Å². The molecule has 22 heavy (non-hydrogen) atoms. The summed E-state index contributed by atoms with van der Waals surface area (Å²) >= 11 is 3.41. The summed E-state index contributed by atoms with van der Waals surface area (Å²) in [4.78, 5) is 15.1. The average Bonchev–Trinajstić information content (AvgIpc) is 2.99. The van der Waals surface area contributed by atoms with Gasteiger partial charge in [-0.2, -0.15) is 0 Å². The molecule has 0 radical (unpaired) electrons. The molecule has 122 valence electrons. The smallest absolute Gasteiger partial charge is 0.167 e. The maximum absolute atomic E-state index is 12.7. The highest BCUT2D eigenvalue weighted by molar-refractivity contribution is 9.10. The van der Waals surface area contributed by atoms with Crippen LogP contribution in [0.25, 0.3) is 0 Å². The predicted octanol–water partition coefficient (Wildman–Crippen LogP) is 3.40. The molecule has 1 fully saturated rings. The lowest BCUT2D eigenvalue weighted by Gasteiger charge is -2.22. The summed E-state index contributed by atoms with van der Waals surface area (Å²) in [5.41, 5.74) is 1.14. The number of carbonyl (C=O) groups is 1. The average molecular weight is 370 g/mol. The van der Waals surface area contributed by atoms with Crippen molar-refractivity contribution in [3.63, 3.8) is 0 Å². The van der Waals surface area contributed by atoms with Crippen LogP contribution in [0.3, 0.4) is 0 Å². The van der Waals surface area contributed by atoms with Gasteiger partial charge in [0, 0.05) is 12.5 Å². The molecule has 4 nitrogen and oxygen atoms in total. The predicted molar refractivity (Wildman–Crippen MR) is 90.5 cm³/mol. The summed E-state index contributed by atoms with van der Waals surface area (Å²) in [6.45, 7) is 4.19. The lowest BCUT2D eigenvalue weighted by Crippen LogP contribution is -2.29. The first-order chi connectivity index (χ1) is 10.6. The third-order valence-electron chi connectivity index (χ3n) is 4.46. The second-order valence-electron chi connectivity index (χ2n) is 5.66. The second kappa shape index (κ2) is 8.09. The second-order valence-corrected chi connectivity index (χ2v) is 6.51. The molecule has 1 aliphatic rings. The Hall–Kier alpha value is -0.910. The summed E-state index contributed by atoms with van der Waals surface area (Å²) in [5.74, 6) is 0.570. The molecule has 0 amide bonds. The molecule has 0 saturated carbocycles. The molecule has 0 unspecified atom stereocenters. The Morgan fingerprint density at radius 1 is 1.50 bits per heavy atom. The number of carbonyl (C=O) groups excluding carboxylic acids is 1. The summed E-state index contributed by atoms with van der Waals surface area (Å²) < 4.78 is 6.11. The zero-order valence-electron chi connectivity index (χ0n) is 13.3. The Bertz CT molecular complexity index is 533. The van der Waals surface area contributed by atoms with Gasteiger partial charge in [0.25, 0.3) is 0 Å². The van der Waals surface area contributed by atoms with Crippen LogP contribution in [0.5, 0.6) is 5.75 Å². The fourth-order valence-electron chi connectivity index (χ4n) is 3.30. The molecule has 1 saturated heterocycles. The number of likely N-dealkylation sites (tertiary alicyclic amines) is 1. The number of ether oxygens (including phenoxy) is 1. The molecule has 1 N–H and O–H groups in total. The van der Waals surface area contributed by atoms with Crippen molar-refractivity contribution in [2.75, 3.05) is 20.2 Å². The van der Waals surface area contributed by atoms with Gasteiger partial charge in [0.2, 0.25) is 0 Å². The minimum atomic E-state index is -0.158. The van der Waals surface area contributed by atoms with E-state index < -0.39 is 0 Å². The number of aliphatic hydroxyl groups is 1. The third-order valence-corrected chi connectivity index (χ3v) is 5.08. The molecule has 0 bridgehead atoms. The number of halogens is 1. The Morgan fingerprint density at radius 2 is 2.27 bits per heavy atom. The van der Waals surface area contributed by atoms with Crippen LogP contribution in [0.2, 0.25) is 0 Å². The van der Waals surface area contributed by atoms with E-state index in [1.165, 1.54) is 12.8 Å². The van der Waals surface area contributed by atoms with Crippen molar-refractivity contribution in [2.45, 2.75) is 45.3 Å². The van der Waals surface area contributed by atoms with Crippen LogP contribution in [-0.4, -0.2) is 42.0 Å². The number of nitrogens with zero attached hydrogens (tertiary/aromatic N) is 1. The quantitative estimate of drug-likeness (QED) is 0.748. The zero-order chi connectivity index (χ0) is 16.1. The molecule has 5 heteroatoms. The van der Waals surface area contributed by atoms with Crippen LogP contribution in [0.4, 0.5) is 0 Å². The number of rotatable bonds is 7. The number of hydrogen-bond acceptors (Lipinski definition) is 4. The normalized spacial score (nSPS) is 18.6. The van der Waals surface area contributed by atoms with Crippen molar-refractivity contribution in [2.24, 2.45) is 0 Å². The first-order valence-electron chi connectivity index (χ1n) is 7.85. The minimum Gasteiger partial charge on any atom is -0.495 e. The van der Waals surface area contributed by atoms with Crippen LogP contribution in [0, 0.1) is 0 Å². The van der Waals surface area contributed by atoms with Crippen molar-refractivity contribution in [3.8, 4) is 5.75 Å². The molecule has 2 rings (SSSR count). The van der Waals surface area contributed by atoms with Crippen LogP contribution in [0.15, 0.2) is 16.6 Å². The topological polar surface area (TPSA) is 49.8 Å². The molecule has 1 heterocycles. The zero-order valence-corrected chi connectivity index (χ0v) is 14.9. The summed E-state index contributed by atoms with van der Waals surface area (Å²) in [5, 5.41) is 9.51. The number of Topliss-reactive ketones (excluding diaryl/α,β-unsaturated/α-hetero) is 1. The molecule has 0 spiro atoms. The molecule has 1 atom stereocenters. The monoisotopic (exact) mass is 369 g/mol. The lowest BCUT2D eigenvalue weighted by atomic mass is 9.97. The summed E-state index contributed by atoms with van der Waals surface area (Å²) in [7, 11) is 1.55. The standard InChI is InChI=1S/C17H24BrNO3/c1-3-19-10-4-5-13(19)7-9-15(21)16-12(11-20)6-8-14(18)17(16)22-2/h6,8,13,20H,3-5,7,9-11H2,1-2H3/t13-/m1/s1. The van der Waals surface area contributed by atoms with Gasteiger partial charge < -0.3 is 14.7 Å². The Balaban J connectivity index is 2.13. The van der Waals surface area contributed by atoms with Gasteiger partial charge in [-0.05, 0) is 59.9 Å². The minimum absolute atomic E-state index is 0.0464. The van der Waals surface area contributed by atoms with Gasteiger partial charge >= 0.3 is 0 Å². The third kappa shape index (κ3) is 3.70. The fourth-order valence-corrected chi connectivity index (χ4v) is 3.79. The van der Waals surface area contributed by atoms with Crippen LogP contribution >= 0.6 is 15.9 Å². The van der Waals surface area contributed by atoms with E-state index in [9.17, 15) is 9.90 Å². The van der Waals surface area contributed by atoms with Gasteiger partial charge in [0.05, 0.1) is 23.8 Å².